The van der Waals surface area contributed by atoms with Crippen LogP contribution >= 0.6 is 0 Å². The van der Waals surface area contributed by atoms with E-state index in [2.05, 4.69) is 30.2 Å². The van der Waals surface area contributed by atoms with E-state index in [1.165, 1.54) is 11.1 Å². The molecular weight excluding hydrogens is 408 g/mol. The molecule has 4 aliphatic rings. The largest absolute Gasteiger partial charge is 0.482 e. The lowest BCUT2D eigenvalue weighted by molar-refractivity contribution is -0.140. The Hall–Kier alpha value is -2.09. The highest BCUT2D eigenvalue weighted by Crippen LogP contribution is 2.62. The molecule has 1 fully saturated rings. The van der Waals surface area contributed by atoms with E-state index in [4.69, 9.17) is 18.9 Å². The van der Waals surface area contributed by atoms with Crippen LogP contribution in [-0.4, -0.2) is 81.1 Å². The first-order chi connectivity index (χ1) is 15.5. The van der Waals surface area contributed by atoms with Gasteiger partial charge in [0.1, 0.15) is 18.8 Å². The number of carbonyl (C=O) groups excluding carboxylic acids is 1. The molecule has 1 amide bonds. The predicted molar refractivity (Wildman–Crippen MR) is 120 cm³/mol. The smallest absolute Gasteiger partial charge is 0.248 e. The number of nitrogens with zero attached hydrogens (tertiary/aromatic N) is 2. The molecule has 0 N–H and O–H groups in total. The molecule has 2 bridgehead atoms. The van der Waals surface area contributed by atoms with Crippen molar-refractivity contribution in [3.05, 3.63) is 35.4 Å². The zero-order valence-corrected chi connectivity index (χ0v) is 19.5. The molecular formula is C25H34N2O5. The van der Waals surface area contributed by atoms with Gasteiger partial charge in [-0.05, 0) is 51.9 Å². The van der Waals surface area contributed by atoms with E-state index in [1.54, 1.807) is 12.0 Å². The fourth-order valence-corrected chi connectivity index (χ4v) is 6.42. The molecule has 1 saturated heterocycles. The Morgan fingerprint density at radius 3 is 2.84 bits per heavy atom. The molecule has 0 radical (unpaired) electrons. The maximum atomic E-state index is 12.6. The molecule has 5 rings (SSSR count). The Morgan fingerprint density at radius 2 is 2.09 bits per heavy atom. The van der Waals surface area contributed by atoms with Crippen molar-refractivity contribution in [3.8, 4) is 11.5 Å². The predicted octanol–water partition coefficient (Wildman–Crippen LogP) is 2.37. The number of rotatable bonds is 8. The fourth-order valence-electron chi connectivity index (χ4n) is 6.42. The molecule has 2 unspecified atom stereocenters. The number of ether oxygens (including phenoxy) is 4. The lowest BCUT2D eigenvalue weighted by Crippen LogP contribution is -2.65. The Balaban J connectivity index is 1.51. The van der Waals surface area contributed by atoms with Gasteiger partial charge in [-0.3, -0.25) is 4.79 Å². The zero-order chi connectivity index (χ0) is 22.5. The Kier molecular flexibility index (Phi) is 5.68. The van der Waals surface area contributed by atoms with Gasteiger partial charge in [-0.25, -0.2) is 0 Å². The third-order valence-corrected chi connectivity index (χ3v) is 7.96. The summed E-state index contributed by atoms with van der Waals surface area (Å²) in [7, 11) is 3.85. The summed E-state index contributed by atoms with van der Waals surface area (Å²) in [6, 6.07) is 4.64. The van der Waals surface area contributed by atoms with Gasteiger partial charge in [0.05, 0.1) is 0 Å². The van der Waals surface area contributed by atoms with Gasteiger partial charge in [0, 0.05) is 43.1 Å². The highest BCUT2D eigenvalue weighted by Gasteiger charge is 2.64. The summed E-state index contributed by atoms with van der Waals surface area (Å²) in [4.78, 5) is 16.9. The standard InChI is InChI=1S/C25H34N2O5/c1-5-27(6-2)21(28)14-30-20-10-8-17-18-13-16-7-9-19(31-15-29-4)23-22(16)25(17,24(20)32-23)11-12-26(18)3/h7-10,17-18,20,24H,5-6,11-15H2,1-4H3/t17-,18+,20?,24?,25-/m0/s1. The van der Waals surface area contributed by atoms with Crippen molar-refractivity contribution in [3.63, 3.8) is 0 Å². The molecule has 2 heterocycles. The van der Waals surface area contributed by atoms with Crippen LogP contribution in [0.3, 0.4) is 0 Å². The quantitative estimate of drug-likeness (QED) is 0.455. The summed E-state index contributed by atoms with van der Waals surface area (Å²) in [5, 5.41) is 0. The van der Waals surface area contributed by atoms with Gasteiger partial charge in [0.2, 0.25) is 5.91 Å². The van der Waals surface area contributed by atoms with Crippen LogP contribution in [0.4, 0.5) is 0 Å². The normalized spacial score (nSPS) is 31.8. The molecule has 2 aliphatic heterocycles. The van der Waals surface area contributed by atoms with Gasteiger partial charge in [-0.1, -0.05) is 18.2 Å². The van der Waals surface area contributed by atoms with Gasteiger partial charge < -0.3 is 28.7 Å². The Morgan fingerprint density at radius 1 is 1.28 bits per heavy atom. The molecule has 1 aromatic carbocycles. The third-order valence-electron chi connectivity index (χ3n) is 7.96. The molecule has 0 saturated carbocycles. The SMILES string of the molecule is CCN(CC)C(=O)COC1C=C[C@H]2[C@H]3Cc4ccc(OCOC)c5c4[C@@]2(CCN3C)C1O5. The van der Waals surface area contributed by atoms with E-state index >= 15 is 0 Å². The molecule has 0 aromatic heterocycles. The van der Waals surface area contributed by atoms with Crippen LogP contribution in [-0.2, 0) is 26.1 Å². The number of piperidine rings is 1. The molecule has 1 aromatic rings. The number of hydrogen-bond donors (Lipinski definition) is 0. The second-order valence-corrected chi connectivity index (χ2v) is 9.31. The number of methoxy groups -OCH3 is 1. The van der Waals surface area contributed by atoms with Gasteiger partial charge in [-0.15, -0.1) is 0 Å². The molecule has 7 heteroatoms. The van der Waals surface area contributed by atoms with Crippen LogP contribution < -0.4 is 9.47 Å². The zero-order valence-electron chi connectivity index (χ0n) is 19.5. The minimum absolute atomic E-state index is 0.0215. The third kappa shape index (κ3) is 3.09. The van der Waals surface area contributed by atoms with Crippen molar-refractivity contribution < 1.29 is 23.7 Å². The topological polar surface area (TPSA) is 60.5 Å². The van der Waals surface area contributed by atoms with E-state index in [0.29, 0.717) is 25.0 Å². The van der Waals surface area contributed by atoms with E-state index in [0.717, 1.165) is 30.9 Å². The van der Waals surface area contributed by atoms with E-state index in [9.17, 15) is 4.79 Å². The molecule has 5 atom stereocenters. The monoisotopic (exact) mass is 442 g/mol. The van der Waals surface area contributed by atoms with Crippen LogP contribution in [0.5, 0.6) is 11.5 Å². The maximum Gasteiger partial charge on any atom is 0.248 e. The van der Waals surface area contributed by atoms with Crippen molar-refractivity contribution in [2.45, 2.75) is 50.4 Å². The van der Waals surface area contributed by atoms with Crippen LogP contribution in [0.2, 0.25) is 0 Å². The summed E-state index contributed by atoms with van der Waals surface area (Å²) in [5.74, 6) is 1.94. The number of hydrogen-bond acceptors (Lipinski definition) is 6. The van der Waals surface area contributed by atoms with Crippen molar-refractivity contribution in [1.82, 2.24) is 9.80 Å². The van der Waals surface area contributed by atoms with Crippen molar-refractivity contribution in [2.75, 3.05) is 47.2 Å². The second kappa shape index (κ2) is 8.36. The Bertz CT molecular complexity index is 914. The minimum Gasteiger partial charge on any atom is -0.482 e. The lowest BCUT2D eigenvalue weighted by Gasteiger charge is -2.56. The lowest BCUT2D eigenvalue weighted by atomic mass is 9.53. The molecule has 32 heavy (non-hydrogen) atoms. The van der Waals surface area contributed by atoms with Crippen LogP contribution in [0.15, 0.2) is 24.3 Å². The maximum absolute atomic E-state index is 12.6. The second-order valence-electron chi connectivity index (χ2n) is 9.31. The highest BCUT2D eigenvalue weighted by atomic mass is 16.7. The molecule has 7 nitrogen and oxygen atoms in total. The minimum atomic E-state index is -0.275. The van der Waals surface area contributed by atoms with Crippen LogP contribution in [0.1, 0.15) is 31.4 Å². The summed E-state index contributed by atoms with van der Waals surface area (Å²) in [6.45, 7) is 6.62. The van der Waals surface area contributed by atoms with Crippen molar-refractivity contribution in [1.29, 1.82) is 0 Å². The summed E-state index contributed by atoms with van der Waals surface area (Å²) < 4.78 is 24.0. The first-order valence-electron chi connectivity index (χ1n) is 11.8. The highest BCUT2D eigenvalue weighted by molar-refractivity contribution is 5.77. The van der Waals surface area contributed by atoms with E-state index in [1.807, 2.05) is 19.9 Å². The van der Waals surface area contributed by atoms with Gasteiger partial charge in [0.15, 0.2) is 18.3 Å². The van der Waals surface area contributed by atoms with Crippen molar-refractivity contribution >= 4 is 5.91 Å². The first kappa shape index (κ1) is 21.7. The van der Waals surface area contributed by atoms with Crippen LogP contribution in [0, 0.1) is 5.92 Å². The summed E-state index contributed by atoms with van der Waals surface area (Å²) in [5.41, 5.74) is 2.48. The van der Waals surface area contributed by atoms with Crippen molar-refractivity contribution in [2.24, 2.45) is 5.92 Å². The molecule has 2 aliphatic carbocycles. The van der Waals surface area contributed by atoms with E-state index < -0.39 is 0 Å². The van der Waals surface area contributed by atoms with Gasteiger partial charge in [-0.2, -0.15) is 0 Å². The average Bonchev–Trinajstić information content (AvgIpc) is 3.15. The molecule has 1 spiro atoms. The number of likely N-dealkylation sites (N-methyl/N-ethyl adjacent to an activating group) is 2. The first-order valence-corrected chi connectivity index (χ1v) is 11.8. The summed E-state index contributed by atoms with van der Waals surface area (Å²) >= 11 is 0. The van der Waals surface area contributed by atoms with E-state index in [-0.39, 0.29) is 36.9 Å². The summed E-state index contributed by atoms with van der Waals surface area (Å²) in [6.07, 6.45) is 6.01. The number of carbonyl (C=O) groups is 1. The molecule has 174 valence electrons. The van der Waals surface area contributed by atoms with Gasteiger partial charge >= 0.3 is 0 Å². The number of likely N-dealkylation sites (tertiary alicyclic amines) is 1. The average molecular weight is 443 g/mol. The number of benzene rings is 1. The van der Waals surface area contributed by atoms with Crippen LogP contribution in [0.25, 0.3) is 0 Å². The fraction of sp³-hybridized carbons (Fsp3) is 0.640. The number of amides is 1. The Labute approximate surface area is 190 Å². The van der Waals surface area contributed by atoms with Gasteiger partial charge in [0.25, 0.3) is 0 Å².